The number of hydrogen-bond donors (Lipinski definition) is 1. The van der Waals surface area contributed by atoms with Crippen molar-refractivity contribution in [3.63, 3.8) is 0 Å². The van der Waals surface area contributed by atoms with Crippen molar-refractivity contribution >= 4 is 21.6 Å². The van der Waals surface area contributed by atoms with E-state index in [1.807, 2.05) is 24.3 Å². The monoisotopic (exact) mass is 376 g/mol. The summed E-state index contributed by atoms with van der Waals surface area (Å²) in [6, 6.07) is 13.1. The number of amides is 2. The Kier molecular flexibility index (Phi) is 5.03. The fraction of sp³-hybridized carbons (Fsp3) is 0.278. The Hall–Kier alpha value is -2.74. The van der Waals surface area contributed by atoms with Crippen molar-refractivity contribution in [1.82, 2.24) is 4.90 Å². The first-order valence-corrected chi connectivity index (χ1v) is 9.93. The van der Waals surface area contributed by atoms with Crippen molar-refractivity contribution in [3.05, 3.63) is 48.5 Å². The summed E-state index contributed by atoms with van der Waals surface area (Å²) >= 11 is 0. The maximum Gasteiger partial charge on any atom is 0.321 e. The predicted molar refractivity (Wildman–Crippen MR) is 97.6 cm³/mol. The van der Waals surface area contributed by atoms with Crippen LogP contribution in [0.2, 0.25) is 0 Å². The van der Waals surface area contributed by atoms with E-state index in [1.54, 1.807) is 19.2 Å². The molecule has 1 aliphatic heterocycles. The summed E-state index contributed by atoms with van der Waals surface area (Å²) in [5.41, 5.74) is 0.514. The first-order valence-electron chi connectivity index (χ1n) is 8.03. The number of fused-ring (bicyclic) bond motifs is 1. The van der Waals surface area contributed by atoms with Crippen molar-refractivity contribution in [2.45, 2.75) is 11.0 Å². The van der Waals surface area contributed by atoms with Gasteiger partial charge in [-0.05, 0) is 36.4 Å². The normalized spacial score (nSPS) is 16.0. The van der Waals surface area contributed by atoms with E-state index in [2.05, 4.69) is 5.32 Å². The Bertz CT molecular complexity index is 896. The number of nitrogens with zero attached hydrogens (tertiary/aromatic N) is 1. The first kappa shape index (κ1) is 18.1. The molecule has 2 amide bonds. The van der Waals surface area contributed by atoms with Gasteiger partial charge < -0.3 is 19.7 Å². The summed E-state index contributed by atoms with van der Waals surface area (Å²) in [7, 11) is -1.60. The van der Waals surface area contributed by atoms with Crippen LogP contribution >= 0.6 is 0 Å². The molecular weight excluding hydrogens is 356 g/mol. The van der Waals surface area contributed by atoms with Crippen LogP contribution in [-0.2, 0) is 9.84 Å². The molecule has 1 atom stereocenters. The number of para-hydroxylation sites is 2. The smallest absolute Gasteiger partial charge is 0.321 e. The zero-order valence-electron chi connectivity index (χ0n) is 14.5. The second-order valence-corrected chi connectivity index (χ2v) is 8.12. The zero-order valence-corrected chi connectivity index (χ0v) is 15.3. The molecule has 0 saturated heterocycles. The Morgan fingerprint density at radius 1 is 1.15 bits per heavy atom. The highest BCUT2D eigenvalue weighted by Crippen LogP contribution is 2.31. The molecule has 0 saturated carbocycles. The number of rotatable bonds is 4. The van der Waals surface area contributed by atoms with Gasteiger partial charge >= 0.3 is 6.03 Å². The Morgan fingerprint density at radius 2 is 1.81 bits per heavy atom. The number of carbonyl (C=O) groups excluding carboxylic acids is 1. The average molecular weight is 376 g/mol. The molecule has 0 aromatic heterocycles. The molecule has 0 fully saturated rings. The maximum atomic E-state index is 12.3. The largest absolute Gasteiger partial charge is 0.486 e. The third kappa shape index (κ3) is 4.26. The zero-order chi connectivity index (χ0) is 18.7. The summed E-state index contributed by atoms with van der Waals surface area (Å²) in [6.07, 6.45) is 0.868. The second-order valence-electron chi connectivity index (χ2n) is 6.10. The average Bonchev–Trinajstić information content (AvgIpc) is 2.61. The SMILES string of the molecule is CN(CC1COc2ccccc2O1)C(=O)Nc1ccc(S(C)(=O)=O)cc1. The van der Waals surface area contributed by atoms with Crippen LogP contribution in [0.15, 0.2) is 53.4 Å². The highest BCUT2D eigenvalue weighted by atomic mass is 32.2. The highest BCUT2D eigenvalue weighted by molar-refractivity contribution is 7.90. The lowest BCUT2D eigenvalue weighted by Gasteiger charge is -2.29. The molecule has 0 spiro atoms. The van der Waals surface area contributed by atoms with Gasteiger partial charge in [-0.25, -0.2) is 13.2 Å². The fourth-order valence-corrected chi connectivity index (χ4v) is 3.18. The van der Waals surface area contributed by atoms with Crippen molar-refractivity contribution in [2.75, 3.05) is 31.8 Å². The highest BCUT2D eigenvalue weighted by Gasteiger charge is 2.23. The van der Waals surface area contributed by atoms with Crippen LogP contribution in [0.1, 0.15) is 0 Å². The quantitative estimate of drug-likeness (QED) is 0.886. The van der Waals surface area contributed by atoms with E-state index >= 15 is 0 Å². The molecule has 0 aliphatic carbocycles. The molecule has 7 nitrogen and oxygen atoms in total. The lowest BCUT2D eigenvalue weighted by atomic mass is 10.2. The molecule has 1 aliphatic rings. The molecular formula is C18H20N2O5S. The molecule has 1 heterocycles. The van der Waals surface area contributed by atoms with Crippen LogP contribution in [0.5, 0.6) is 11.5 Å². The van der Waals surface area contributed by atoms with Gasteiger partial charge in [-0.3, -0.25) is 0 Å². The van der Waals surface area contributed by atoms with Gasteiger partial charge in [-0.15, -0.1) is 0 Å². The van der Waals surface area contributed by atoms with Gasteiger partial charge in [-0.1, -0.05) is 12.1 Å². The molecule has 0 radical (unpaired) electrons. The van der Waals surface area contributed by atoms with E-state index < -0.39 is 9.84 Å². The van der Waals surface area contributed by atoms with Crippen LogP contribution in [0.3, 0.4) is 0 Å². The topological polar surface area (TPSA) is 84.9 Å². The third-order valence-corrected chi connectivity index (χ3v) is 5.05. The summed E-state index contributed by atoms with van der Waals surface area (Å²) in [4.78, 5) is 14.0. The number of carbonyl (C=O) groups is 1. The van der Waals surface area contributed by atoms with Gasteiger partial charge in [0.1, 0.15) is 6.61 Å². The van der Waals surface area contributed by atoms with Gasteiger partial charge in [0.2, 0.25) is 0 Å². The van der Waals surface area contributed by atoms with Gasteiger partial charge in [-0.2, -0.15) is 0 Å². The minimum Gasteiger partial charge on any atom is -0.486 e. The van der Waals surface area contributed by atoms with Gasteiger partial charge in [0, 0.05) is 19.0 Å². The Balaban J connectivity index is 1.57. The Morgan fingerprint density at radius 3 is 2.46 bits per heavy atom. The number of nitrogens with one attached hydrogen (secondary N) is 1. The summed E-state index contributed by atoms with van der Waals surface area (Å²) in [5.74, 6) is 1.36. The van der Waals surface area contributed by atoms with Gasteiger partial charge in [0.15, 0.2) is 27.4 Å². The van der Waals surface area contributed by atoms with E-state index in [1.165, 1.54) is 17.0 Å². The second kappa shape index (κ2) is 7.25. The molecule has 0 bridgehead atoms. The molecule has 2 aromatic carbocycles. The van der Waals surface area contributed by atoms with Gasteiger partial charge in [0.25, 0.3) is 0 Å². The molecule has 26 heavy (non-hydrogen) atoms. The van der Waals surface area contributed by atoms with Gasteiger partial charge in [0.05, 0.1) is 11.4 Å². The standard InChI is InChI=1S/C18H20N2O5S/c1-20(11-14-12-24-16-5-3-4-6-17(16)25-14)18(21)19-13-7-9-15(10-8-13)26(2,22)23/h3-10,14H,11-12H2,1-2H3,(H,19,21). The maximum absolute atomic E-state index is 12.3. The summed E-state index contributed by atoms with van der Waals surface area (Å²) in [5, 5.41) is 2.72. The fourth-order valence-electron chi connectivity index (χ4n) is 2.55. The van der Waals surface area contributed by atoms with Crippen LogP contribution in [0, 0.1) is 0 Å². The minimum atomic E-state index is -3.26. The molecule has 3 rings (SSSR count). The first-order chi connectivity index (χ1) is 12.3. The molecule has 8 heteroatoms. The van der Waals surface area contributed by atoms with E-state index in [4.69, 9.17) is 9.47 Å². The van der Waals surface area contributed by atoms with Crippen molar-refractivity contribution in [2.24, 2.45) is 0 Å². The number of anilines is 1. The molecule has 138 valence electrons. The van der Waals surface area contributed by atoms with Crippen molar-refractivity contribution in [3.8, 4) is 11.5 Å². The number of ether oxygens (including phenoxy) is 2. The van der Waals surface area contributed by atoms with Crippen molar-refractivity contribution < 1.29 is 22.7 Å². The van der Waals surface area contributed by atoms with Crippen LogP contribution in [0.25, 0.3) is 0 Å². The number of benzene rings is 2. The molecule has 2 aromatic rings. The summed E-state index contributed by atoms with van der Waals surface area (Å²) in [6.45, 7) is 0.708. The van der Waals surface area contributed by atoms with E-state index in [9.17, 15) is 13.2 Å². The molecule has 1 N–H and O–H groups in total. The number of sulfone groups is 1. The number of hydrogen-bond acceptors (Lipinski definition) is 5. The van der Waals surface area contributed by atoms with E-state index in [0.29, 0.717) is 30.3 Å². The lowest BCUT2D eigenvalue weighted by molar-refractivity contribution is 0.0731. The summed E-state index contributed by atoms with van der Waals surface area (Å²) < 4.78 is 34.4. The van der Waals surface area contributed by atoms with Crippen LogP contribution in [0.4, 0.5) is 10.5 Å². The van der Waals surface area contributed by atoms with E-state index in [-0.39, 0.29) is 17.0 Å². The molecule has 1 unspecified atom stereocenters. The Labute approximate surface area is 152 Å². The predicted octanol–water partition coefficient (Wildman–Crippen LogP) is 2.39. The third-order valence-electron chi connectivity index (χ3n) is 3.93. The lowest BCUT2D eigenvalue weighted by Crippen LogP contribution is -2.43. The van der Waals surface area contributed by atoms with E-state index in [0.717, 1.165) is 6.26 Å². The van der Waals surface area contributed by atoms with Crippen LogP contribution < -0.4 is 14.8 Å². The number of urea groups is 1. The minimum absolute atomic E-state index is 0.204. The van der Waals surface area contributed by atoms with Crippen molar-refractivity contribution in [1.29, 1.82) is 0 Å². The number of likely N-dealkylation sites (N-methyl/N-ethyl adjacent to an activating group) is 1. The van der Waals surface area contributed by atoms with Crippen LogP contribution in [-0.4, -0.2) is 51.9 Å².